The van der Waals surface area contributed by atoms with Crippen LogP contribution in [0.3, 0.4) is 0 Å². The van der Waals surface area contributed by atoms with Crippen molar-refractivity contribution in [2.45, 2.75) is 0 Å². The molecule has 0 fully saturated rings. The number of nitro groups is 2. The predicted molar refractivity (Wildman–Crippen MR) is 136 cm³/mol. The highest BCUT2D eigenvalue weighted by atomic mass is 16.6. The summed E-state index contributed by atoms with van der Waals surface area (Å²) >= 11 is 0. The van der Waals surface area contributed by atoms with E-state index in [1.165, 1.54) is 17.3 Å². The van der Waals surface area contributed by atoms with E-state index >= 15 is 0 Å². The van der Waals surface area contributed by atoms with E-state index in [0.717, 1.165) is 36.2 Å². The first-order valence-corrected chi connectivity index (χ1v) is 11.0. The normalized spacial score (nSPS) is 10.5. The number of para-hydroxylation sites is 2. The summed E-state index contributed by atoms with van der Waals surface area (Å²) < 4.78 is 0. The topological polar surface area (TPSA) is 170 Å². The Balaban J connectivity index is 1.57. The standard InChI is InChI=1S/C24H16N10O4/c35-33(36)20-13-27-23(28-14-20)32(24-29-15-21(16-30-24)34(37)38)19-11-25-22(26-12-19)31(17-7-3-1-4-8-17)18-9-5-2-6-10-18/h1-16H. The molecule has 0 bridgehead atoms. The zero-order valence-corrected chi connectivity index (χ0v) is 19.3. The lowest BCUT2D eigenvalue weighted by Gasteiger charge is -2.24. The van der Waals surface area contributed by atoms with Gasteiger partial charge in [0, 0.05) is 11.4 Å². The van der Waals surface area contributed by atoms with E-state index in [2.05, 4.69) is 29.9 Å². The summed E-state index contributed by atoms with van der Waals surface area (Å²) in [4.78, 5) is 49.4. The Morgan fingerprint density at radius 2 is 0.816 bits per heavy atom. The Kier molecular flexibility index (Phi) is 6.49. The first-order valence-electron chi connectivity index (χ1n) is 11.0. The quantitative estimate of drug-likeness (QED) is 0.207. The predicted octanol–water partition coefficient (Wildman–Crippen LogP) is 4.81. The van der Waals surface area contributed by atoms with Crippen molar-refractivity contribution >= 4 is 46.3 Å². The number of rotatable bonds is 8. The third-order valence-corrected chi connectivity index (χ3v) is 5.18. The van der Waals surface area contributed by atoms with Gasteiger partial charge in [0.15, 0.2) is 0 Å². The molecule has 5 aromatic rings. The van der Waals surface area contributed by atoms with Crippen LogP contribution in [-0.4, -0.2) is 39.8 Å². The van der Waals surface area contributed by atoms with Crippen LogP contribution in [0.1, 0.15) is 0 Å². The molecule has 14 nitrogen and oxygen atoms in total. The summed E-state index contributed by atoms with van der Waals surface area (Å²) in [6.45, 7) is 0. The molecule has 3 aromatic heterocycles. The molecule has 0 saturated carbocycles. The minimum absolute atomic E-state index is 0.0243. The van der Waals surface area contributed by atoms with Gasteiger partial charge in [-0.05, 0) is 24.3 Å². The molecular formula is C24H16N10O4. The zero-order chi connectivity index (χ0) is 26.5. The molecule has 186 valence electrons. The van der Waals surface area contributed by atoms with Gasteiger partial charge >= 0.3 is 11.4 Å². The summed E-state index contributed by atoms with van der Waals surface area (Å²) in [5, 5.41) is 22.1. The van der Waals surface area contributed by atoms with Gasteiger partial charge in [-0.3, -0.25) is 25.1 Å². The third kappa shape index (κ3) is 4.90. The smallest absolute Gasteiger partial charge is 0.279 e. The lowest BCUT2D eigenvalue weighted by Crippen LogP contribution is -2.18. The van der Waals surface area contributed by atoms with Crippen molar-refractivity contribution in [3.8, 4) is 0 Å². The van der Waals surface area contributed by atoms with Crippen molar-refractivity contribution in [1.29, 1.82) is 0 Å². The number of anilines is 6. The fourth-order valence-corrected chi connectivity index (χ4v) is 3.45. The minimum atomic E-state index is -0.629. The van der Waals surface area contributed by atoms with E-state index in [1.54, 1.807) is 0 Å². The zero-order valence-electron chi connectivity index (χ0n) is 19.3. The minimum Gasteiger partial charge on any atom is -0.279 e. The van der Waals surface area contributed by atoms with Gasteiger partial charge in [0.2, 0.25) is 17.8 Å². The molecule has 0 aliphatic carbocycles. The molecule has 0 aliphatic rings. The maximum absolute atomic E-state index is 11.1. The maximum atomic E-state index is 11.1. The van der Waals surface area contributed by atoms with Crippen molar-refractivity contribution in [1.82, 2.24) is 29.9 Å². The van der Waals surface area contributed by atoms with Crippen LogP contribution in [0.5, 0.6) is 0 Å². The maximum Gasteiger partial charge on any atom is 0.305 e. The van der Waals surface area contributed by atoms with Crippen molar-refractivity contribution in [3.63, 3.8) is 0 Å². The summed E-state index contributed by atoms with van der Waals surface area (Å²) in [5.41, 5.74) is 1.36. The molecule has 2 aromatic carbocycles. The van der Waals surface area contributed by atoms with Gasteiger partial charge in [-0.1, -0.05) is 36.4 Å². The van der Waals surface area contributed by atoms with Gasteiger partial charge in [0.25, 0.3) is 0 Å². The van der Waals surface area contributed by atoms with Crippen molar-refractivity contribution in [2.24, 2.45) is 0 Å². The van der Waals surface area contributed by atoms with E-state index < -0.39 is 9.85 Å². The van der Waals surface area contributed by atoms with Crippen LogP contribution in [0.15, 0.2) is 97.8 Å². The second kappa shape index (κ2) is 10.4. The SMILES string of the molecule is O=[N+]([O-])c1cnc(N(c2cnc(N(c3ccccc3)c3ccccc3)nc2)c2ncc([N+](=O)[O-])cn2)nc1. The highest BCUT2D eigenvalue weighted by Crippen LogP contribution is 2.34. The number of hydrogen-bond donors (Lipinski definition) is 0. The Bertz CT molecular complexity index is 1460. The fraction of sp³-hybridized carbons (Fsp3) is 0. The summed E-state index contributed by atoms with van der Waals surface area (Å²) in [6.07, 6.45) is 7.09. The molecule has 38 heavy (non-hydrogen) atoms. The number of nitrogens with zero attached hydrogens (tertiary/aromatic N) is 10. The first kappa shape index (κ1) is 23.8. The van der Waals surface area contributed by atoms with Gasteiger partial charge < -0.3 is 0 Å². The van der Waals surface area contributed by atoms with Gasteiger partial charge in [-0.15, -0.1) is 0 Å². The van der Waals surface area contributed by atoms with E-state index in [0.29, 0.717) is 11.6 Å². The second-order valence-corrected chi connectivity index (χ2v) is 7.58. The largest absolute Gasteiger partial charge is 0.305 e. The molecule has 5 rings (SSSR count). The Morgan fingerprint density at radius 3 is 1.18 bits per heavy atom. The number of hydrogen-bond acceptors (Lipinski definition) is 12. The van der Waals surface area contributed by atoms with E-state index in [-0.39, 0.29) is 23.3 Å². The first-order chi connectivity index (χ1) is 18.5. The highest BCUT2D eigenvalue weighted by Gasteiger charge is 2.22. The van der Waals surface area contributed by atoms with E-state index in [4.69, 9.17) is 0 Å². The van der Waals surface area contributed by atoms with Crippen LogP contribution in [0, 0.1) is 20.2 Å². The average Bonchev–Trinajstić information content (AvgIpc) is 2.96. The van der Waals surface area contributed by atoms with Crippen molar-refractivity contribution in [3.05, 3.63) is 118 Å². The van der Waals surface area contributed by atoms with Crippen LogP contribution in [0.25, 0.3) is 0 Å². The average molecular weight is 508 g/mol. The monoisotopic (exact) mass is 508 g/mol. The lowest BCUT2D eigenvalue weighted by atomic mass is 10.2. The Hall–Kier alpha value is -5.92. The van der Waals surface area contributed by atoms with Gasteiger partial charge in [0.1, 0.15) is 24.8 Å². The lowest BCUT2D eigenvalue weighted by molar-refractivity contribution is -0.385. The van der Waals surface area contributed by atoms with E-state index in [1.807, 2.05) is 65.6 Å². The molecule has 0 spiro atoms. The molecular weight excluding hydrogens is 492 g/mol. The summed E-state index contributed by atoms with van der Waals surface area (Å²) in [6, 6.07) is 19.1. The molecule has 0 N–H and O–H groups in total. The molecule has 0 amide bonds. The van der Waals surface area contributed by atoms with Crippen molar-refractivity contribution < 1.29 is 9.85 Å². The highest BCUT2D eigenvalue weighted by molar-refractivity contribution is 5.73. The third-order valence-electron chi connectivity index (χ3n) is 5.18. The van der Waals surface area contributed by atoms with Gasteiger partial charge in [0.05, 0.1) is 27.9 Å². The Morgan fingerprint density at radius 1 is 0.474 bits per heavy atom. The summed E-state index contributed by atoms with van der Waals surface area (Å²) in [5.74, 6) is 0.313. The van der Waals surface area contributed by atoms with Crippen molar-refractivity contribution in [2.75, 3.05) is 9.80 Å². The van der Waals surface area contributed by atoms with Gasteiger partial charge in [-0.25, -0.2) is 34.8 Å². The second-order valence-electron chi connectivity index (χ2n) is 7.58. The number of aromatic nitrogens is 6. The van der Waals surface area contributed by atoms with Gasteiger partial charge in [-0.2, -0.15) is 0 Å². The molecule has 0 atom stereocenters. The van der Waals surface area contributed by atoms with Crippen LogP contribution in [-0.2, 0) is 0 Å². The Labute approximate surface area is 214 Å². The van der Waals surface area contributed by atoms with Crippen LogP contribution >= 0.6 is 0 Å². The summed E-state index contributed by atoms with van der Waals surface area (Å²) in [7, 11) is 0. The fourth-order valence-electron chi connectivity index (χ4n) is 3.45. The molecule has 0 radical (unpaired) electrons. The molecule has 0 aliphatic heterocycles. The van der Waals surface area contributed by atoms with Crippen LogP contribution in [0.4, 0.5) is 46.3 Å². The van der Waals surface area contributed by atoms with Crippen LogP contribution < -0.4 is 9.80 Å². The number of benzene rings is 2. The molecule has 0 unspecified atom stereocenters. The molecule has 3 heterocycles. The molecule has 0 saturated heterocycles. The molecule has 14 heteroatoms. The van der Waals surface area contributed by atoms with Crippen LogP contribution in [0.2, 0.25) is 0 Å². The van der Waals surface area contributed by atoms with E-state index in [9.17, 15) is 20.2 Å².